The first-order chi connectivity index (χ1) is 11.5. The average Bonchev–Trinajstić information content (AvgIpc) is 2.87. The van der Waals surface area contributed by atoms with Gasteiger partial charge in [0.25, 0.3) is 5.91 Å². The second kappa shape index (κ2) is 6.11. The van der Waals surface area contributed by atoms with Crippen molar-refractivity contribution in [3.05, 3.63) is 69.5 Å². The Morgan fingerprint density at radius 1 is 1.17 bits per heavy atom. The number of carbonyl (C=O) groups is 1. The maximum atomic E-state index is 12.5. The van der Waals surface area contributed by atoms with Crippen LogP contribution in [0.1, 0.15) is 27.6 Å². The van der Waals surface area contributed by atoms with E-state index in [2.05, 4.69) is 15.6 Å². The molecule has 1 N–H and O–H groups in total. The number of amides is 1. The number of benzene rings is 1. The van der Waals surface area contributed by atoms with Crippen LogP contribution in [0.4, 0.5) is 5.69 Å². The van der Waals surface area contributed by atoms with Crippen molar-refractivity contribution < 1.29 is 9.32 Å². The zero-order chi connectivity index (χ0) is 17.3. The summed E-state index contributed by atoms with van der Waals surface area (Å²) >= 11 is 0. The fourth-order valence-corrected chi connectivity index (χ4v) is 2.37. The van der Waals surface area contributed by atoms with Gasteiger partial charge in [0, 0.05) is 11.8 Å². The lowest BCUT2D eigenvalue weighted by Gasteiger charge is -2.11. The van der Waals surface area contributed by atoms with E-state index in [0.29, 0.717) is 22.8 Å². The van der Waals surface area contributed by atoms with Gasteiger partial charge >= 0.3 is 0 Å². The highest BCUT2D eigenvalue weighted by atomic mass is 16.5. The highest BCUT2D eigenvalue weighted by Crippen LogP contribution is 2.19. The van der Waals surface area contributed by atoms with Gasteiger partial charge in [0.05, 0.1) is 5.69 Å². The second-order valence-electron chi connectivity index (χ2n) is 5.40. The Morgan fingerprint density at radius 2 is 1.88 bits per heavy atom. The maximum Gasteiger partial charge on any atom is 0.280 e. The Bertz CT molecular complexity index is 938. The van der Waals surface area contributed by atoms with Crippen molar-refractivity contribution in [2.75, 3.05) is 5.32 Å². The van der Waals surface area contributed by atoms with Crippen molar-refractivity contribution in [3.63, 3.8) is 0 Å². The van der Waals surface area contributed by atoms with Gasteiger partial charge in [-0.25, -0.2) is 4.68 Å². The predicted octanol–water partition coefficient (Wildman–Crippen LogP) is 2.40. The Balaban J connectivity index is 2.02. The van der Waals surface area contributed by atoms with E-state index in [4.69, 9.17) is 4.52 Å². The molecule has 7 nitrogen and oxygen atoms in total. The van der Waals surface area contributed by atoms with Crippen molar-refractivity contribution in [2.24, 2.45) is 0 Å². The number of aryl methyl sites for hydroxylation is 3. The summed E-state index contributed by atoms with van der Waals surface area (Å²) in [4.78, 5) is 24.7. The molecule has 0 aliphatic rings. The molecular weight excluding hydrogens is 308 g/mol. The minimum absolute atomic E-state index is 0.190. The van der Waals surface area contributed by atoms with E-state index in [1.54, 1.807) is 25.5 Å². The zero-order valence-corrected chi connectivity index (χ0v) is 13.5. The van der Waals surface area contributed by atoms with E-state index >= 15 is 0 Å². The van der Waals surface area contributed by atoms with Crippen molar-refractivity contribution in [1.82, 2.24) is 14.9 Å². The first-order valence-electron chi connectivity index (χ1n) is 7.38. The highest BCUT2D eigenvalue weighted by molar-refractivity contribution is 6.03. The zero-order valence-electron chi connectivity index (χ0n) is 13.5. The van der Waals surface area contributed by atoms with E-state index < -0.39 is 11.3 Å². The molecule has 0 atom stereocenters. The minimum Gasteiger partial charge on any atom is -0.359 e. The molecule has 0 bridgehead atoms. The molecule has 0 aliphatic carbocycles. The molecule has 0 unspecified atom stereocenters. The summed E-state index contributed by atoms with van der Waals surface area (Å²) < 4.78 is 6.57. The van der Waals surface area contributed by atoms with Gasteiger partial charge in [0.15, 0.2) is 11.5 Å². The topological polar surface area (TPSA) is 90.0 Å². The first kappa shape index (κ1) is 15.7. The van der Waals surface area contributed by atoms with Crippen LogP contribution in [0.15, 0.2) is 45.7 Å². The SMILES string of the molecule is Cc1noc(C)c1NC(=O)c1nn(-c2ccccc2)c(C)cc1=O. The molecule has 1 amide bonds. The van der Waals surface area contributed by atoms with E-state index in [1.165, 1.54) is 6.07 Å². The van der Waals surface area contributed by atoms with Crippen molar-refractivity contribution in [3.8, 4) is 5.69 Å². The predicted molar refractivity (Wildman–Crippen MR) is 88.5 cm³/mol. The standard InChI is InChI=1S/C17H16N4O3/c1-10-9-14(22)16(19-21(10)13-7-5-4-6-8-13)17(23)18-15-11(2)20-24-12(15)3/h4-9H,1-3H3,(H,18,23). The number of rotatable bonds is 3. The molecule has 0 fully saturated rings. The lowest BCUT2D eigenvalue weighted by atomic mass is 10.2. The molecule has 0 aliphatic heterocycles. The quantitative estimate of drug-likeness (QED) is 0.799. The normalized spacial score (nSPS) is 10.6. The fourth-order valence-electron chi connectivity index (χ4n) is 2.37. The third kappa shape index (κ3) is 2.83. The summed E-state index contributed by atoms with van der Waals surface area (Å²) in [6.07, 6.45) is 0. The molecule has 0 spiro atoms. The number of hydrogen-bond acceptors (Lipinski definition) is 5. The van der Waals surface area contributed by atoms with Crippen LogP contribution in [0.25, 0.3) is 5.69 Å². The van der Waals surface area contributed by atoms with Crippen LogP contribution in [0.5, 0.6) is 0 Å². The number of para-hydroxylation sites is 1. The molecule has 2 heterocycles. The van der Waals surface area contributed by atoms with Crippen LogP contribution in [0.2, 0.25) is 0 Å². The summed E-state index contributed by atoms with van der Waals surface area (Å²) in [5.41, 5.74) is 1.76. The van der Waals surface area contributed by atoms with E-state index in [-0.39, 0.29) is 5.69 Å². The number of nitrogens with one attached hydrogen (secondary N) is 1. The lowest BCUT2D eigenvalue weighted by molar-refractivity contribution is 0.101. The Morgan fingerprint density at radius 3 is 2.50 bits per heavy atom. The van der Waals surface area contributed by atoms with Gasteiger partial charge in [0.1, 0.15) is 11.4 Å². The summed E-state index contributed by atoms with van der Waals surface area (Å²) in [5.74, 6) is -0.129. The monoisotopic (exact) mass is 324 g/mol. The van der Waals surface area contributed by atoms with Gasteiger partial charge < -0.3 is 9.84 Å². The maximum absolute atomic E-state index is 12.5. The lowest BCUT2D eigenvalue weighted by Crippen LogP contribution is -2.27. The Labute approximate surface area is 137 Å². The number of aromatic nitrogens is 3. The summed E-state index contributed by atoms with van der Waals surface area (Å²) in [6.45, 7) is 5.15. The highest BCUT2D eigenvalue weighted by Gasteiger charge is 2.19. The largest absolute Gasteiger partial charge is 0.359 e. The summed E-state index contributed by atoms with van der Waals surface area (Å²) in [6, 6.07) is 10.7. The first-order valence-corrected chi connectivity index (χ1v) is 7.38. The summed E-state index contributed by atoms with van der Waals surface area (Å²) in [7, 11) is 0. The molecule has 7 heteroatoms. The molecule has 24 heavy (non-hydrogen) atoms. The number of nitrogens with zero attached hydrogens (tertiary/aromatic N) is 3. The van der Waals surface area contributed by atoms with E-state index in [0.717, 1.165) is 5.69 Å². The molecule has 0 radical (unpaired) electrons. The van der Waals surface area contributed by atoms with Crippen molar-refractivity contribution in [2.45, 2.75) is 20.8 Å². The molecule has 3 aromatic rings. The van der Waals surface area contributed by atoms with Crippen LogP contribution < -0.4 is 10.7 Å². The fraction of sp³-hybridized carbons (Fsp3) is 0.176. The van der Waals surface area contributed by atoms with E-state index in [9.17, 15) is 9.59 Å². The van der Waals surface area contributed by atoms with Crippen LogP contribution in [-0.4, -0.2) is 20.8 Å². The third-order valence-corrected chi connectivity index (χ3v) is 3.60. The number of anilines is 1. The molecule has 2 aromatic heterocycles. The van der Waals surface area contributed by atoms with Gasteiger partial charge in [-0.3, -0.25) is 9.59 Å². The third-order valence-electron chi connectivity index (χ3n) is 3.60. The van der Waals surface area contributed by atoms with Crippen LogP contribution in [0, 0.1) is 20.8 Å². The van der Waals surface area contributed by atoms with Gasteiger partial charge in [-0.05, 0) is 32.9 Å². The molecule has 0 saturated carbocycles. The van der Waals surface area contributed by atoms with Crippen molar-refractivity contribution in [1.29, 1.82) is 0 Å². The van der Waals surface area contributed by atoms with Crippen molar-refractivity contribution >= 4 is 11.6 Å². The van der Waals surface area contributed by atoms with Gasteiger partial charge in [-0.1, -0.05) is 23.4 Å². The molecule has 3 rings (SSSR count). The Hall–Kier alpha value is -3.22. The molecular formula is C17H16N4O3. The van der Waals surface area contributed by atoms with Gasteiger partial charge in [0.2, 0.25) is 5.43 Å². The smallest absolute Gasteiger partial charge is 0.280 e. The molecule has 122 valence electrons. The second-order valence-corrected chi connectivity index (χ2v) is 5.40. The van der Waals surface area contributed by atoms with Crippen LogP contribution in [0.3, 0.4) is 0 Å². The molecule has 0 saturated heterocycles. The van der Waals surface area contributed by atoms with E-state index in [1.807, 2.05) is 30.3 Å². The van der Waals surface area contributed by atoms with Gasteiger partial charge in [-0.15, -0.1) is 0 Å². The minimum atomic E-state index is -0.598. The number of carbonyl (C=O) groups excluding carboxylic acids is 1. The van der Waals surface area contributed by atoms with Crippen LogP contribution in [-0.2, 0) is 0 Å². The van der Waals surface area contributed by atoms with Crippen LogP contribution >= 0.6 is 0 Å². The summed E-state index contributed by atoms with van der Waals surface area (Å²) in [5, 5.41) is 10.6. The van der Waals surface area contributed by atoms with Gasteiger partial charge in [-0.2, -0.15) is 5.10 Å². The Kier molecular flexibility index (Phi) is 3.99. The number of hydrogen-bond donors (Lipinski definition) is 1. The molecule has 1 aromatic carbocycles. The average molecular weight is 324 g/mol.